The summed E-state index contributed by atoms with van der Waals surface area (Å²) in [7, 11) is 0. The van der Waals surface area contributed by atoms with Crippen LogP contribution in [0.2, 0.25) is 0 Å². The Kier molecular flexibility index (Phi) is 7.76. The van der Waals surface area contributed by atoms with E-state index in [0.29, 0.717) is 50.3 Å². The van der Waals surface area contributed by atoms with E-state index in [1.165, 1.54) is 0 Å². The van der Waals surface area contributed by atoms with E-state index < -0.39 is 0 Å². The van der Waals surface area contributed by atoms with Crippen LogP contribution in [0.1, 0.15) is 22.3 Å². The first-order valence-corrected chi connectivity index (χ1v) is 15.4. The summed E-state index contributed by atoms with van der Waals surface area (Å²) in [5.41, 5.74) is 11.9. The standard InChI is InChI=1S/C44H20N6/c1-48-35-18-16-31(17-19-35)30-10-14-33(15-11-30)37-22-39-38-21-36(32-12-8-29(9-13-32)28-6-4-27(24-45)5-7-28)34(25-46)20-40(38)44(43(26-47)50-3)41(39)23-42(37)49-2/h4-23H/b44-43-. The molecule has 1 aliphatic carbocycles. The maximum atomic E-state index is 10.3. The zero-order valence-electron chi connectivity index (χ0n) is 26.2. The molecule has 6 nitrogen and oxygen atoms in total. The lowest BCUT2D eigenvalue weighted by Crippen LogP contribution is -1.91. The van der Waals surface area contributed by atoms with E-state index in [4.69, 9.17) is 25.0 Å². The van der Waals surface area contributed by atoms with Crippen LogP contribution in [-0.4, -0.2) is 0 Å². The van der Waals surface area contributed by atoms with E-state index in [0.717, 1.165) is 44.5 Å². The Labute approximate surface area is 289 Å². The fourth-order valence-corrected chi connectivity index (χ4v) is 6.39. The predicted molar refractivity (Wildman–Crippen MR) is 194 cm³/mol. The third-order valence-corrected chi connectivity index (χ3v) is 8.89. The number of rotatable bonds is 4. The first kappa shape index (κ1) is 30.6. The quantitative estimate of drug-likeness (QED) is 0.143. The normalized spacial score (nSPS) is 11.7. The largest absolute Gasteiger partial charge is 0.270 e. The van der Waals surface area contributed by atoms with Crippen LogP contribution in [0.15, 0.2) is 127 Å². The fourth-order valence-electron chi connectivity index (χ4n) is 6.39. The van der Waals surface area contributed by atoms with Gasteiger partial charge in [0.2, 0.25) is 0 Å². The molecule has 0 amide bonds. The van der Waals surface area contributed by atoms with Crippen LogP contribution >= 0.6 is 0 Å². The smallest absolute Gasteiger partial charge is 0.238 e. The summed E-state index contributed by atoms with van der Waals surface area (Å²) in [6.45, 7) is 23.0. The van der Waals surface area contributed by atoms with Gasteiger partial charge < -0.3 is 0 Å². The maximum absolute atomic E-state index is 10.3. The molecule has 50 heavy (non-hydrogen) atoms. The van der Waals surface area contributed by atoms with E-state index in [1.807, 2.05) is 91.0 Å². The molecule has 0 unspecified atom stereocenters. The van der Waals surface area contributed by atoms with Crippen molar-refractivity contribution < 1.29 is 0 Å². The summed E-state index contributed by atoms with van der Waals surface area (Å²) >= 11 is 0. The van der Waals surface area contributed by atoms with E-state index in [2.05, 4.69) is 26.7 Å². The summed E-state index contributed by atoms with van der Waals surface area (Å²) in [5.74, 6) is 0. The minimum atomic E-state index is -0.106. The second-order valence-corrected chi connectivity index (χ2v) is 11.5. The highest BCUT2D eigenvalue weighted by Gasteiger charge is 2.30. The van der Waals surface area contributed by atoms with Crippen LogP contribution in [0, 0.1) is 53.7 Å². The Morgan fingerprint density at radius 2 is 0.940 bits per heavy atom. The van der Waals surface area contributed by atoms with Gasteiger partial charge in [0.1, 0.15) is 0 Å². The van der Waals surface area contributed by atoms with Gasteiger partial charge in [0.05, 0.1) is 49.1 Å². The van der Waals surface area contributed by atoms with Crippen LogP contribution in [0.4, 0.5) is 11.4 Å². The average molecular weight is 633 g/mol. The molecule has 7 rings (SSSR count). The summed E-state index contributed by atoms with van der Waals surface area (Å²) in [4.78, 5) is 10.8. The van der Waals surface area contributed by atoms with E-state index in [1.54, 1.807) is 36.4 Å². The molecule has 0 radical (unpaired) electrons. The fraction of sp³-hybridized carbons (Fsp3) is 0. The monoisotopic (exact) mass is 632 g/mol. The molecule has 226 valence electrons. The zero-order valence-corrected chi connectivity index (χ0v) is 26.2. The lowest BCUT2D eigenvalue weighted by atomic mass is 9.91. The minimum Gasteiger partial charge on any atom is -0.238 e. The third-order valence-electron chi connectivity index (χ3n) is 8.89. The first-order valence-electron chi connectivity index (χ1n) is 15.4. The van der Waals surface area contributed by atoms with Crippen LogP contribution in [0.3, 0.4) is 0 Å². The van der Waals surface area contributed by atoms with Crippen molar-refractivity contribution >= 4 is 16.9 Å². The lowest BCUT2D eigenvalue weighted by molar-refractivity contribution is 1.46. The Hall–Kier alpha value is -8.00. The number of nitrogens with zero attached hydrogens (tertiary/aromatic N) is 6. The van der Waals surface area contributed by atoms with Crippen molar-refractivity contribution in [3.05, 3.63) is 184 Å². The van der Waals surface area contributed by atoms with Crippen molar-refractivity contribution in [2.75, 3.05) is 0 Å². The molecule has 0 saturated heterocycles. The predicted octanol–water partition coefficient (Wildman–Crippen LogP) is 11.4. The Morgan fingerprint density at radius 1 is 0.460 bits per heavy atom. The number of benzene rings is 6. The maximum Gasteiger partial charge on any atom is 0.270 e. The molecular formula is C44H20N6. The molecule has 0 spiro atoms. The molecule has 0 heterocycles. The minimum absolute atomic E-state index is 0.106. The van der Waals surface area contributed by atoms with Gasteiger partial charge in [-0.25, -0.2) is 19.8 Å². The molecule has 0 atom stereocenters. The molecule has 0 saturated carbocycles. The van der Waals surface area contributed by atoms with Crippen LogP contribution in [0.25, 0.3) is 75.7 Å². The van der Waals surface area contributed by atoms with Gasteiger partial charge in [0.25, 0.3) is 5.70 Å². The SMILES string of the molecule is [C-]#[N+]/C(C#N)=C1/c2cc(C#N)c(-c3ccc(-c4ccc(C#N)cc4)cc3)cc2-c2cc(-c3ccc(-c4ccc([N+]#[C-])cc4)cc3)c([N+]#[C-])cc21. The van der Waals surface area contributed by atoms with Gasteiger partial charge in [0.15, 0.2) is 11.4 Å². The molecule has 0 aromatic heterocycles. The Morgan fingerprint density at radius 3 is 1.42 bits per heavy atom. The van der Waals surface area contributed by atoms with Crippen molar-refractivity contribution in [1.82, 2.24) is 0 Å². The summed E-state index contributed by atoms with van der Waals surface area (Å²) in [5, 5.41) is 29.4. The molecule has 1 aliphatic rings. The number of nitriles is 3. The van der Waals surface area contributed by atoms with Gasteiger partial charge in [0, 0.05) is 11.1 Å². The molecule has 0 bridgehead atoms. The molecule has 6 heteroatoms. The number of fused-ring (bicyclic) bond motifs is 3. The molecule has 0 N–H and O–H groups in total. The highest BCUT2D eigenvalue weighted by atomic mass is 14.7. The summed E-state index contributed by atoms with van der Waals surface area (Å²) in [6, 6.07) is 44.3. The molecule has 0 aliphatic heterocycles. The summed E-state index contributed by atoms with van der Waals surface area (Å²) < 4.78 is 0. The Bertz CT molecular complexity index is 2470. The van der Waals surface area contributed by atoms with Gasteiger partial charge in [-0.3, -0.25) is 0 Å². The molecule has 6 aromatic carbocycles. The van der Waals surface area contributed by atoms with Crippen LogP contribution < -0.4 is 0 Å². The van der Waals surface area contributed by atoms with Crippen molar-refractivity contribution in [3.63, 3.8) is 0 Å². The average Bonchev–Trinajstić information content (AvgIpc) is 3.49. The lowest BCUT2D eigenvalue weighted by Gasteiger charge is -2.12. The number of hydrogen-bond donors (Lipinski definition) is 0. The van der Waals surface area contributed by atoms with Crippen LogP contribution in [0.5, 0.6) is 0 Å². The number of allylic oxidation sites excluding steroid dienone is 1. The van der Waals surface area contributed by atoms with E-state index in [-0.39, 0.29) is 5.70 Å². The van der Waals surface area contributed by atoms with E-state index >= 15 is 0 Å². The molecular weight excluding hydrogens is 613 g/mol. The van der Waals surface area contributed by atoms with Gasteiger partial charge in [-0.05, 0) is 91.5 Å². The zero-order chi connectivity index (χ0) is 34.8. The second-order valence-electron chi connectivity index (χ2n) is 11.5. The number of hydrogen-bond acceptors (Lipinski definition) is 3. The van der Waals surface area contributed by atoms with Gasteiger partial charge in [-0.2, -0.15) is 10.5 Å². The first-order chi connectivity index (χ1) is 24.5. The van der Waals surface area contributed by atoms with Gasteiger partial charge in [-0.1, -0.05) is 91.0 Å². The highest BCUT2D eigenvalue weighted by Crippen LogP contribution is 2.51. The highest BCUT2D eigenvalue weighted by molar-refractivity contribution is 6.07. The summed E-state index contributed by atoms with van der Waals surface area (Å²) in [6.07, 6.45) is 0. The Balaban J connectivity index is 1.36. The van der Waals surface area contributed by atoms with Gasteiger partial charge >= 0.3 is 0 Å². The van der Waals surface area contributed by atoms with Crippen LogP contribution in [-0.2, 0) is 0 Å². The molecule has 6 aromatic rings. The van der Waals surface area contributed by atoms with Crippen molar-refractivity contribution in [2.24, 2.45) is 0 Å². The van der Waals surface area contributed by atoms with Crippen molar-refractivity contribution in [1.29, 1.82) is 15.8 Å². The van der Waals surface area contributed by atoms with Crippen molar-refractivity contribution in [3.8, 4) is 73.8 Å². The van der Waals surface area contributed by atoms with E-state index in [9.17, 15) is 10.5 Å². The van der Waals surface area contributed by atoms with Gasteiger partial charge in [-0.15, -0.1) is 0 Å². The second kappa shape index (κ2) is 12.7. The topological polar surface area (TPSA) is 84.4 Å². The molecule has 0 fully saturated rings. The van der Waals surface area contributed by atoms with Crippen molar-refractivity contribution in [2.45, 2.75) is 0 Å². The third kappa shape index (κ3) is 5.22.